The Balaban J connectivity index is 1.31. The van der Waals surface area contributed by atoms with Gasteiger partial charge in [0.15, 0.2) is 6.61 Å². The van der Waals surface area contributed by atoms with Crippen molar-refractivity contribution in [3.63, 3.8) is 0 Å². The number of fused-ring (bicyclic) bond motifs is 1. The van der Waals surface area contributed by atoms with Crippen LogP contribution in [0.4, 0.5) is 10.1 Å². The number of hydrogen-bond donors (Lipinski definition) is 1. The van der Waals surface area contributed by atoms with Crippen LogP contribution in [0.1, 0.15) is 30.5 Å². The molecule has 37 heavy (non-hydrogen) atoms. The summed E-state index contributed by atoms with van der Waals surface area (Å²) in [5.74, 6) is 0.187. The Labute approximate surface area is 216 Å². The van der Waals surface area contributed by atoms with E-state index in [1.165, 1.54) is 17.7 Å². The third-order valence-electron chi connectivity index (χ3n) is 6.42. The van der Waals surface area contributed by atoms with Gasteiger partial charge in [-0.1, -0.05) is 36.4 Å². The Bertz CT molecular complexity index is 1370. The molecule has 4 aromatic rings. The van der Waals surface area contributed by atoms with Crippen LogP contribution >= 0.6 is 0 Å². The van der Waals surface area contributed by atoms with E-state index in [0.717, 1.165) is 53.9 Å². The van der Waals surface area contributed by atoms with E-state index in [1.807, 2.05) is 48.0 Å². The number of anilines is 1. The highest BCUT2D eigenvalue weighted by Crippen LogP contribution is 2.39. The minimum Gasteiger partial charge on any atom is -0.482 e. The molecule has 6 nitrogen and oxygen atoms in total. The molecule has 190 valence electrons. The number of aryl methyl sites for hydroxylation is 2. The van der Waals surface area contributed by atoms with Crippen molar-refractivity contribution in [3.05, 3.63) is 89.9 Å². The van der Waals surface area contributed by atoms with Crippen molar-refractivity contribution in [2.75, 3.05) is 18.5 Å². The van der Waals surface area contributed by atoms with Gasteiger partial charge in [-0.15, -0.1) is 0 Å². The summed E-state index contributed by atoms with van der Waals surface area (Å²) < 4.78 is 27.1. The zero-order valence-corrected chi connectivity index (χ0v) is 20.9. The number of hydrogen-bond acceptors (Lipinski definition) is 4. The van der Waals surface area contributed by atoms with E-state index in [9.17, 15) is 9.18 Å². The standard InChI is InChI=1S/C30H30FN3O3/c1-21-29(24-12-15-27-26(18-24)32-28(35)20-37-27)30(23-10-13-25(31)14-11-23)34(33-21)16-6-3-7-17-36-19-22-8-4-2-5-9-22/h2,4-5,8-15,18H,3,6-7,16-17,19-20H2,1H3,(H,32,35). The summed E-state index contributed by atoms with van der Waals surface area (Å²) in [5, 5.41) is 7.74. The van der Waals surface area contributed by atoms with Crippen molar-refractivity contribution in [3.8, 4) is 28.1 Å². The van der Waals surface area contributed by atoms with Crippen molar-refractivity contribution in [1.29, 1.82) is 0 Å². The van der Waals surface area contributed by atoms with Crippen molar-refractivity contribution < 1.29 is 18.7 Å². The Morgan fingerprint density at radius 1 is 1.00 bits per heavy atom. The highest BCUT2D eigenvalue weighted by Gasteiger charge is 2.22. The number of unbranched alkanes of at least 4 members (excludes halogenated alkanes) is 2. The number of nitrogens with one attached hydrogen (secondary N) is 1. The van der Waals surface area contributed by atoms with E-state index in [-0.39, 0.29) is 18.3 Å². The summed E-state index contributed by atoms with van der Waals surface area (Å²) in [6.07, 6.45) is 2.92. The minimum absolute atomic E-state index is 0.0153. The Kier molecular flexibility index (Phi) is 7.61. The number of ether oxygens (including phenoxy) is 2. The second kappa shape index (κ2) is 11.4. The Morgan fingerprint density at radius 2 is 1.78 bits per heavy atom. The molecule has 2 heterocycles. The molecule has 0 aliphatic carbocycles. The average molecular weight is 500 g/mol. The van der Waals surface area contributed by atoms with Crippen molar-refractivity contribution in [2.24, 2.45) is 0 Å². The van der Waals surface area contributed by atoms with Crippen LogP contribution in [0.5, 0.6) is 5.75 Å². The first-order valence-electron chi connectivity index (χ1n) is 12.6. The maximum atomic E-state index is 13.7. The van der Waals surface area contributed by atoms with E-state index in [0.29, 0.717) is 24.7 Å². The highest BCUT2D eigenvalue weighted by atomic mass is 19.1. The van der Waals surface area contributed by atoms with E-state index >= 15 is 0 Å². The van der Waals surface area contributed by atoms with Gasteiger partial charge >= 0.3 is 0 Å². The van der Waals surface area contributed by atoms with Crippen LogP contribution in [0.15, 0.2) is 72.8 Å². The van der Waals surface area contributed by atoms with Crippen LogP contribution in [-0.4, -0.2) is 28.9 Å². The summed E-state index contributed by atoms with van der Waals surface area (Å²) in [6.45, 7) is 4.07. The van der Waals surface area contributed by atoms with Gasteiger partial charge < -0.3 is 14.8 Å². The zero-order valence-electron chi connectivity index (χ0n) is 20.9. The molecule has 1 aliphatic heterocycles. The fourth-order valence-electron chi connectivity index (χ4n) is 4.64. The van der Waals surface area contributed by atoms with Gasteiger partial charge in [-0.25, -0.2) is 4.39 Å². The van der Waals surface area contributed by atoms with Crippen molar-refractivity contribution in [2.45, 2.75) is 39.3 Å². The molecule has 0 spiro atoms. The molecular weight excluding hydrogens is 469 g/mol. The first-order valence-corrected chi connectivity index (χ1v) is 12.6. The summed E-state index contributed by atoms with van der Waals surface area (Å²) >= 11 is 0. The fraction of sp³-hybridized carbons (Fsp3) is 0.267. The number of aromatic nitrogens is 2. The third kappa shape index (κ3) is 5.89. The molecule has 3 aromatic carbocycles. The average Bonchev–Trinajstić information content (AvgIpc) is 3.24. The lowest BCUT2D eigenvalue weighted by Crippen LogP contribution is -2.25. The lowest BCUT2D eigenvalue weighted by atomic mass is 9.98. The number of amides is 1. The molecule has 7 heteroatoms. The SMILES string of the molecule is Cc1nn(CCCCCOCc2ccccc2)c(-c2ccc(F)cc2)c1-c1ccc2c(c1)NC(=O)CO2. The largest absolute Gasteiger partial charge is 0.482 e. The van der Waals surface area contributed by atoms with Gasteiger partial charge in [0.1, 0.15) is 11.6 Å². The number of benzene rings is 3. The smallest absolute Gasteiger partial charge is 0.262 e. The second-order valence-electron chi connectivity index (χ2n) is 9.19. The number of carbonyl (C=O) groups excluding carboxylic acids is 1. The molecule has 0 unspecified atom stereocenters. The van der Waals surface area contributed by atoms with Crippen LogP contribution in [0.3, 0.4) is 0 Å². The highest BCUT2D eigenvalue weighted by molar-refractivity contribution is 5.97. The van der Waals surface area contributed by atoms with E-state index in [4.69, 9.17) is 14.6 Å². The summed E-state index contributed by atoms with van der Waals surface area (Å²) in [6, 6.07) is 22.4. The summed E-state index contributed by atoms with van der Waals surface area (Å²) in [5.41, 5.74) is 6.39. The third-order valence-corrected chi connectivity index (χ3v) is 6.42. The van der Waals surface area contributed by atoms with Gasteiger partial charge in [0.05, 0.1) is 23.7 Å². The molecule has 1 aromatic heterocycles. The molecule has 0 saturated carbocycles. The quantitative estimate of drug-likeness (QED) is 0.257. The maximum absolute atomic E-state index is 13.7. The van der Waals surface area contributed by atoms with Crippen molar-refractivity contribution in [1.82, 2.24) is 9.78 Å². The van der Waals surface area contributed by atoms with E-state index < -0.39 is 0 Å². The van der Waals surface area contributed by atoms with E-state index in [1.54, 1.807) is 12.1 Å². The topological polar surface area (TPSA) is 65.4 Å². The van der Waals surface area contributed by atoms with Crippen molar-refractivity contribution >= 4 is 11.6 Å². The first kappa shape index (κ1) is 24.7. The zero-order chi connectivity index (χ0) is 25.6. The summed E-state index contributed by atoms with van der Waals surface area (Å²) in [4.78, 5) is 11.9. The number of rotatable bonds is 10. The maximum Gasteiger partial charge on any atom is 0.262 e. The molecule has 5 rings (SSSR count). The van der Waals surface area contributed by atoms with Crippen LogP contribution in [-0.2, 0) is 22.7 Å². The molecule has 1 N–H and O–H groups in total. The fourth-order valence-corrected chi connectivity index (χ4v) is 4.64. The van der Waals surface area contributed by atoms with E-state index in [2.05, 4.69) is 17.4 Å². The van der Waals surface area contributed by atoms with Gasteiger partial charge in [-0.05, 0) is 73.7 Å². The van der Waals surface area contributed by atoms with Crippen LogP contribution in [0.2, 0.25) is 0 Å². The lowest BCUT2D eigenvalue weighted by Gasteiger charge is -2.19. The first-order chi connectivity index (χ1) is 18.1. The van der Waals surface area contributed by atoms with Gasteiger partial charge in [0.2, 0.25) is 0 Å². The lowest BCUT2D eigenvalue weighted by molar-refractivity contribution is -0.118. The molecule has 0 atom stereocenters. The number of carbonyl (C=O) groups is 1. The van der Waals surface area contributed by atoms with Gasteiger partial charge in [-0.3, -0.25) is 9.48 Å². The van der Waals surface area contributed by atoms with Crippen LogP contribution in [0.25, 0.3) is 22.4 Å². The Hall–Kier alpha value is -3.97. The van der Waals surface area contributed by atoms with Crippen LogP contribution < -0.4 is 10.1 Å². The van der Waals surface area contributed by atoms with Gasteiger partial charge in [0.25, 0.3) is 5.91 Å². The van der Waals surface area contributed by atoms with Crippen LogP contribution in [0, 0.1) is 12.7 Å². The molecule has 1 amide bonds. The molecule has 0 bridgehead atoms. The normalized spacial score (nSPS) is 12.6. The monoisotopic (exact) mass is 499 g/mol. The second-order valence-corrected chi connectivity index (χ2v) is 9.19. The Morgan fingerprint density at radius 3 is 2.59 bits per heavy atom. The van der Waals surface area contributed by atoms with Gasteiger partial charge in [0, 0.05) is 24.3 Å². The summed E-state index contributed by atoms with van der Waals surface area (Å²) in [7, 11) is 0. The molecule has 0 saturated heterocycles. The number of nitrogens with zero attached hydrogens (tertiary/aromatic N) is 2. The molecule has 0 fully saturated rings. The molecule has 0 radical (unpaired) electrons. The number of halogens is 1. The van der Waals surface area contributed by atoms with Gasteiger partial charge in [-0.2, -0.15) is 5.10 Å². The predicted octanol–water partition coefficient (Wildman–Crippen LogP) is 6.38. The predicted molar refractivity (Wildman–Crippen MR) is 142 cm³/mol. The molecular formula is C30H30FN3O3. The minimum atomic E-state index is -0.280. The molecule has 1 aliphatic rings.